The van der Waals surface area contributed by atoms with Crippen molar-refractivity contribution in [3.05, 3.63) is 65.7 Å². The van der Waals surface area contributed by atoms with E-state index in [0.29, 0.717) is 30.0 Å². The molecule has 0 radical (unpaired) electrons. The molecule has 2 aromatic rings. The number of ether oxygens (including phenoxy) is 1. The third-order valence-corrected chi connectivity index (χ3v) is 6.24. The largest absolute Gasteiger partial charge is 0.451 e. The molecule has 0 bridgehead atoms. The summed E-state index contributed by atoms with van der Waals surface area (Å²) >= 11 is 0. The molecule has 1 aliphatic carbocycles. The van der Waals surface area contributed by atoms with Gasteiger partial charge >= 0.3 is 5.97 Å². The van der Waals surface area contributed by atoms with Crippen molar-refractivity contribution in [3.63, 3.8) is 0 Å². The minimum absolute atomic E-state index is 0.189. The maximum atomic E-state index is 12.9. The van der Waals surface area contributed by atoms with Gasteiger partial charge in [-0.2, -0.15) is 0 Å². The molecule has 6 heteroatoms. The standard InChI is InChI=1S/C25H25NO5/c1-15-11-12-20-21(13-15)24(29)26(23(20)28)19-10-6-9-18(14-19)25(30)31-16(2)22(27)17-7-4-3-5-8-17/h3-10,14-16,20-21H,11-13H2,1-2H3/t15-,16+,20+,21+/m1/s1. The zero-order valence-corrected chi connectivity index (χ0v) is 17.6. The Kier molecular flexibility index (Phi) is 5.72. The van der Waals surface area contributed by atoms with Gasteiger partial charge in [-0.15, -0.1) is 0 Å². The summed E-state index contributed by atoms with van der Waals surface area (Å²) in [5, 5.41) is 0. The van der Waals surface area contributed by atoms with E-state index in [2.05, 4.69) is 6.92 Å². The summed E-state index contributed by atoms with van der Waals surface area (Å²) in [4.78, 5) is 52.2. The van der Waals surface area contributed by atoms with Gasteiger partial charge in [-0.3, -0.25) is 19.3 Å². The van der Waals surface area contributed by atoms with E-state index in [-0.39, 0.29) is 35.0 Å². The molecule has 4 rings (SSSR count). The van der Waals surface area contributed by atoms with E-state index in [4.69, 9.17) is 4.74 Å². The molecule has 2 fully saturated rings. The monoisotopic (exact) mass is 419 g/mol. The van der Waals surface area contributed by atoms with Gasteiger partial charge in [0, 0.05) is 5.56 Å². The van der Waals surface area contributed by atoms with Crippen LogP contribution in [0, 0.1) is 17.8 Å². The number of anilines is 1. The number of benzene rings is 2. The molecule has 2 amide bonds. The highest BCUT2D eigenvalue weighted by Crippen LogP contribution is 2.42. The molecule has 160 valence electrons. The number of carbonyl (C=O) groups excluding carboxylic acids is 4. The van der Waals surface area contributed by atoms with Crippen LogP contribution in [-0.2, 0) is 14.3 Å². The van der Waals surface area contributed by atoms with Crippen molar-refractivity contribution in [2.75, 3.05) is 4.90 Å². The zero-order valence-electron chi connectivity index (χ0n) is 17.6. The highest BCUT2D eigenvalue weighted by Gasteiger charge is 2.50. The Morgan fingerprint density at radius 1 is 0.935 bits per heavy atom. The first-order valence-electron chi connectivity index (χ1n) is 10.6. The van der Waals surface area contributed by atoms with Crippen LogP contribution in [0.15, 0.2) is 54.6 Å². The van der Waals surface area contributed by atoms with Gasteiger partial charge in [0.15, 0.2) is 6.10 Å². The fraction of sp³-hybridized carbons (Fsp3) is 0.360. The molecule has 0 aromatic heterocycles. The molecule has 31 heavy (non-hydrogen) atoms. The number of amides is 2. The molecule has 0 spiro atoms. The summed E-state index contributed by atoms with van der Waals surface area (Å²) in [7, 11) is 0. The lowest BCUT2D eigenvalue weighted by Crippen LogP contribution is -2.31. The number of hydrogen-bond acceptors (Lipinski definition) is 5. The average molecular weight is 419 g/mol. The van der Waals surface area contributed by atoms with Gasteiger partial charge in [-0.05, 0) is 50.3 Å². The van der Waals surface area contributed by atoms with E-state index in [1.54, 1.807) is 48.5 Å². The molecule has 1 aliphatic heterocycles. The van der Waals surface area contributed by atoms with Gasteiger partial charge in [0.05, 0.1) is 23.1 Å². The van der Waals surface area contributed by atoms with Gasteiger partial charge in [-0.25, -0.2) is 4.79 Å². The average Bonchev–Trinajstić information content (AvgIpc) is 3.03. The van der Waals surface area contributed by atoms with Crippen molar-refractivity contribution in [1.29, 1.82) is 0 Å². The maximum absolute atomic E-state index is 12.9. The fourth-order valence-corrected chi connectivity index (χ4v) is 4.54. The minimum Gasteiger partial charge on any atom is -0.451 e. The van der Waals surface area contributed by atoms with E-state index in [9.17, 15) is 19.2 Å². The van der Waals surface area contributed by atoms with Crippen molar-refractivity contribution in [2.45, 2.75) is 39.2 Å². The van der Waals surface area contributed by atoms with Crippen LogP contribution in [0.5, 0.6) is 0 Å². The molecule has 2 aliphatic rings. The van der Waals surface area contributed by atoms with Crippen molar-refractivity contribution < 1.29 is 23.9 Å². The van der Waals surface area contributed by atoms with Crippen molar-refractivity contribution in [1.82, 2.24) is 0 Å². The predicted octanol–water partition coefficient (Wildman–Crippen LogP) is 4.04. The Bertz CT molecular complexity index is 1030. The first-order valence-corrected chi connectivity index (χ1v) is 10.6. The predicted molar refractivity (Wildman–Crippen MR) is 115 cm³/mol. The number of fused-ring (bicyclic) bond motifs is 1. The van der Waals surface area contributed by atoms with Crippen LogP contribution in [0.2, 0.25) is 0 Å². The molecule has 0 unspecified atom stereocenters. The van der Waals surface area contributed by atoms with E-state index in [1.165, 1.54) is 17.9 Å². The molecule has 2 aromatic carbocycles. The third-order valence-electron chi connectivity index (χ3n) is 6.24. The molecular formula is C25H25NO5. The Labute approximate surface area is 181 Å². The topological polar surface area (TPSA) is 80.8 Å². The molecule has 0 N–H and O–H groups in total. The molecule has 1 saturated carbocycles. The number of ketones is 1. The highest BCUT2D eigenvalue weighted by molar-refractivity contribution is 6.22. The smallest absolute Gasteiger partial charge is 0.338 e. The number of nitrogens with zero attached hydrogens (tertiary/aromatic N) is 1. The Morgan fingerprint density at radius 3 is 2.35 bits per heavy atom. The fourth-order valence-electron chi connectivity index (χ4n) is 4.54. The van der Waals surface area contributed by atoms with Crippen LogP contribution in [0.3, 0.4) is 0 Å². The van der Waals surface area contributed by atoms with E-state index >= 15 is 0 Å². The molecule has 6 nitrogen and oxygen atoms in total. The van der Waals surface area contributed by atoms with Gasteiger partial charge in [0.1, 0.15) is 0 Å². The second kappa shape index (κ2) is 8.46. The molecular weight excluding hydrogens is 394 g/mol. The second-order valence-corrected chi connectivity index (χ2v) is 8.47. The maximum Gasteiger partial charge on any atom is 0.338 e. The van der Waals surface area contributed by atoms with Crippen LogP contribution in [-0.4, -0.2) is 29.7 Å². The third kappa shape index (κ3) is 4.02. The lowest BCUT2D eigenvalue weighted by molar-refractivity contribution is -0.122. The number of Topliss-reactive ketones (excluding diaryl/α,β-unsaturated/α-hetero) is 1. The first-order chi connectivity index (χ1) is 14.9. The van der Waals surface area contributed by atoms with E-state index in [0.717, 1.165) is 6.42 Å². The summed E-state index contributed by atoms with van der Waals surface area (Å²) in [5.41, 5.74) is 1.02. The van der Waals surface area contributed by atoms with Crippen LogP contribution in [0.4, 0.5) is 5.69 Å². The normalized spacial score (nSPS) is 23.9. The van der Waals surface area contributed by atoms with E-state index < -0.39 is 12.1 Å². The quantitative estimate of drug-likeness (QED) is 0.415. The Hall–Kier alpha value is -3.28. The highest BCUT2D eigenvalue weighted by atomic mass is 16.5. The van der Waals surface area contributed by atoms with Gasteiger partial charge < -0.3 is 4.74 Å². The Balaban J connectivity index is 1.50. The number of hydrogen-bond donors (Lipinski definition) is 0. The molecule has 1 heterocycles. The van der Waals surface area contributed by atoms with Gasteiger partial charge in [0.2, 0.25) is 17.6 Å². The first kappa shape index (κ1) is 21.0. The number of carbonyl (C=O) groups is 4. The second-order valence-electron chi connectivity index (χ2n) is 8.47. The summed E-state index contributed by atoms with van der Waals surface area (Å²) in [6, 6.07) is 14.9. The van der Waals surface area contributed by atoms with Gasteiger partial charge in [-0.1, -0.05) is 43.3 Å². The Morgan fingerprint density at radius 2 is 1.61 bits per heavy atom. The number of esters is 1. The lowest BCUT2D eigenvalue weighted by Gasteiger charge is -2.25. The van der Waals surface area contributed by atoms with Crippen molar-refractivity contribution in [3.8, 4) is 0 Å². The minimum atomic E-state index is -0.960. The van der Waals surface area contributed by atoms with Crippen molar-refractivity contribution >= 4 is 29.3 Å². The van der Waals surface area contributed by atoms with E-state index in [1.807, 2.05) is 0 Å². The summed E-state index contributed by atoms with van der Waals surface area (Å²) in [5.74, 6) is -1.50. The molecule has 4 atom stereocenters. The van der Waals surface area contributed by atoms with Crippen LogP contribution < -0.4 is 4.90 Å². The van der Waals surface area contributed by atoms with Gasteiger partial charge in [0.25, 0.3) is 0 Å². The number of imide groups is 1. The van der Waals surface area contributed by atoms with Crippen LogP contribution >= 0.6 is 0 Å². The lowest BCUT2D eigenvalue weighted by atomic mass is 9.76. The van der Waals surface area contributed by atoms with Crippen LogP contribution in [0.1, 0.15) is 53.8 Å². The summed E-state index contributed by atoms with van der Waals surface area (Å²) in [6.45, 7) is 3.63. The van der Waals surface area contributed by atoms with Crippen molar-refractivity contribution in [2.24, 2.45) is 17.8 Å². The SMILES string of the molecule is C[C@@H]1CC[C@@H]2C(=O)N(c3cccc(C(=O)O[C@@H](C)C(=O)c4ccccc4)c3)C(=O)[C@H]2C1. The number of rotatable bonds is 5. The summed E-state index contributed by atoms with van der Waals surface area (Å²) < 4.78 is 5.36. The summed E-state index contributed by atoms with van der Waals surface area (Å²) in [6.07, 6.45) is 1.41. The van der Waals surface area contributed by atoms with Crippen LogP contribution in [0.25, 0.3) is 0 Å². The zero-order chi connectivity index (χ0) is 22.1. The molecule has 1 saturated heterocycles.